The third kappa shape index (κ3) is 30.0. The van der Waals surface area contributed by atoms with E-state index in [0.29, 0.717) is 19.3 Å². The van der Waals surface area contributed by atoms with Crippen molar-refractivity contribution in [3.05, 3.63) is 12.2 Å². The highest BCUT2D eigenvalue weighted by Gasteiger charge is 2.24. The summed E-state index contributed by atoms with van der Waals surface area (Å²) in [5, 5.41) is 3.00. The molecule has 3 atom stereocenters. The Morgan fingerprint density at radius 3 is 1.64 bits per heavy atom. The minimum atomic E-state index is -0.615. The molecule has 0 aliphatic carbocycles. The average molecular weight is 661 g/mol. The van der Waals surface area contributed by atoms with Crippen molar-refractivity contribution in [3.8, 4) is 0 Å². The highest BCUT2D eigenvalue weighted by atomic mass is 35.5. The van der Waals surface area contributed by atoms with Crippen molar-refractivity contribution in [1.29, 1.82) is 0 Å². The van der Waals surface area contributed by atoms with Crippen LogP contribution in [0.4, 0.5) is 0 Å². The van der Waals surface area contributed by atoms with Crippen molar-refractivity contribution in [3.63, 3.8) is 0 Å². The Kier molecular flexibility index (Phi) is 33.2. The molecule has 0 heterocycles. The number of carbonyl (C=O) groups is 2. The molecule has 44 heavy (non-hydrogen) atoms. The van der Waals surface area contributed by atoms with Gasteiger partial charge >= 0.3 is 5.97 Å². The number of rotatable bonds is 33. The molecule has 0 aromatic heterocycles. The third-order valence-electron chi connectivity index (χ3n) is 8.47. The van der Waals surface area contributed by atoms with Gasteiger partial charge in [0.15, 0.2) is 5.56 Å². The second kappa shape index (κ2) is 33.7. The van der Waals surface area contributed by atoms with Crippen molar-refractivity contribution in [2.45, 2.75) is 199 Å². The predicted molar refractivity (Wildman–Crippen MR) is 199 cm³/mol. The number of esters is 1. The van der Waals surface area contributed by atoms with E-state index < -0.39 is 11.6 Å². The van der Waals surface area contributed by atoms with Crippen molar-refractivity contribution >= 4 is 34.4 Å². The molecule has 0 aromatic rings. The summed E-state index contributed by atoms with van der Waals surface area (Å²) in [4.78, 5) is 25.8. The molecule has 0 bridgehead atoms. The number of unbranched alkanes of at least 4 members (excludes halogenated alkanes) is 19. The van der Waals surface area contributed by atoms with Crippen molar-refractivity contribution in [1.82, 2.24) is 5.32 Å². The first-order valence-electron chi connectivity index (χ1n) is 18.9. The smallest absolute Gasteiger partial charge is 0.330 e. The second-order valence-electron chi connectivity index (χ2n) is 13.0. The van der Waals surface area contributed by atoms with E-state index in [4.69, 9.17) is 16.3 Å². The van der Waals surface area contributed by atoms with E-state index in [0.717, 1.165) is 44.3 Å². The summed E-state index contributed by atoms with van der Waals surface area (Å²) in [6, 6.07) is -0.586. The van der Waals surface area contributed by atoms with Crippen LogP contribution in [0.2, 0.25) is 0 Å². The summed E-state index contributed by atoms with van der Waals surface area (Å²) >= 11 is 6.42. The number of hydrogen-bond acceptors (Lipinski definition) is 3. The standard InChI is InChI=1S/C38H74ClNO3S/c1-5-8-10-12-14-16-17-18-19-20-21-23-25-27-29-31-37(41)40-35(32-34-44(4)33-7-3)38(42)43-36(39)30-28-26-24-22-15-13-11-9-6-2/h18-19,35-36,44H,5-17,20-34H2,1-4H3,(H,40,41)/b19-18-/t35-,36?/m1/s1. The summed E-state index contributed by atoms with van der Waals surface area (Å²) in [6.07, 6.45) is 37.2. The lowest BCUT2D eigenvalue weighted by Gasteiger charge is -2.22. The molecule has 0 radical (unpaired) electrons. The van der Waals surface area contributed by atoms with Crippen LogP contribution in [-0.2, 0) is 14.3 Å². The van der Waals surface area contributed by atoms with Crippen LogP contribution in [0.25, 0.3) is 0 Å². The highest BCUT2D eigenvalue weighted by Crippen LogP contribution is 2.23. The van der Waals surface area contributed by atoms with Gasteiger partial charge in [-0.15, -0.1) is 0 Å². The van der Waals surface area contributed by atoms with E-state index in [-0.39, 0.29) is 22.8 Å². The lowest BCUT2D eigenvalue weighted by Crippen LogP contribution is -2.43. The van der Waals surface area contributed by atoms with Gasteiger partial charge in [0.25, 0.3) is 0 Å². The molecular formula is C38H74ClNO3S. The predicted octanol–water partition coefficient (Wildman–Crippen LogP) is 12.0. The van der Waals surface area contributed by atoms with Crippen LogP contribution in [0.1, 0.15) is 188 Å². The van der Waals surface area contributed by atoms with E-state index in [1.54, 1.807) is 0 Å². The van der Waals surface area contributed by atoms with E-state index in [9.17, 15) is 9.59 Å². The summed E-state index contributed by atoms with van der Waals surface area (Å²) in [5.41, 5.74) is -0.615. The number of allylic oxidation sites excluding steroid dienone is 2. The van der Waals surface area contributed by atoms with Gasteiger partial charge in [-0.05, 0) is 75.5 Å². The van der Waals surface area contributed by atoms with E-state index in [1.165, 1.54) is 115 Å². The maximum Gasteiger partial charge on any atom is 0.330 e. The number of alkyl halides is 1. The molecule has 0 spiro atoms. The van der Waals surface area contributed by atoms with E-state index in [2.05, 4.69) is 44.5 Å². The molecule has 6 heteroatoms. The molecule has 0 fully saturated rings. The first-order chi connectivity index (χ1) is 21.4. The van der Waals surface area contributed by atoms with Gasteiger partial charge in [-0.1, -0.05) is 147 Å². The lowest BCUT2D eigenvalue weighted by molar-refractivity contribution is -0.150. The molecule has 262 valence electrons. The van der Waals surface area contributed by atoms with Gasteiger partial charge in [-0.3, -0.25) is 15.7 Å². The first-order valence-corrected chi connectivity index (χ1v) is 21.5. The Balaban J connectivity index is 4.20. The number of nitrogens with one attached hydrogen (secondary N) is 1. The van der Waals surface area contributed by atoms with Crippen LogP contribution in [0.3, 0.4) is 0 Å². The molecule has 1 N–H and O–H groups in total. The molecule has 0 rings (SSSR count). The number of ether oxygens (including phenoxy) is 1. The second-order valence-corrected chi connectivity index (χ2v) is 16.1. The fraction of sp³-hybridized carbons (Fsp3) is 0.895. The van der Waals surface area contributed by atoms with Gasteiger partial charge in [0.1, 0.15) is 6.04 Å². The van der Waals surface area contributed by atoms with E-state index in [1.807, 2.05) is 0 Å². The number of thiol groups is 1. The minimum absolute atomic E-state index is 0.0365. The minimum Gasteiger partial charge on any atom is -0.444 e. The van der Waals surface area contributed by atoms with Crippen LogP contribution < -0.4 is 5.32 Å². The van der Waals surface area contributed by atoms with Crippen LogP contribution in [0.15, 0.2) is 12.2 Å². The van der Waals surface area contributed by atoms with Gasteiger partial charge in [0.05, 0.1) is 0 Å². The van der Waals surface area contributed by atoms with E-state index >= 15 is 0 Å². The number of carbonyl (C=O) groups excluding carboxylic acids is 2. The third-order valence-corrected chi connectivity index (χ3v) is 11.0. The van der Waals surface area contributed by atoms with Crippen molar-refractivity contribution < 1.29 is 14.3 Å². The SMILES string of the molecule is CCCCCCCC/C=C\CCCCCCCC(=O)N[C@H](CC[SH](C)CCC)C(=O)OC(Cl)CCCCCCCCCCC. The van der Waals surface area contributed by atoms with Gasteiger partial charge in [-0.25, -0.2) is 4.79 Å². The largest absolute Gasteiger partial charge is 0.444 e. The summed E-state index contributed by atoms with van der Waals surface area (Å²) in [6.45, 7) is 6.72. The topological polar surface area (TPSA) is 55.4 Å². The monoisotopic (exact) mass is 660 g/mol. The van der Waals surface area contributed by atoms with Gasteiger partial charge in [-0.2, -0.15) is 0 Å². The average Bonchev–Trinajstić information content (AvgIpc) is 3.00. The molecule has 0 saturated heterocycles. The quantitative estimate of drug-likeness (QED) is 0.0242. The van der Waals surface area contributed by atoms with Crippen LogP contribution in [0, 0.1) is 0 Å². The molecular weight excluding hydrogens is 586 g/mol. The Bertz CT molecular complexity index is 674. The van der Waals surface area contributed by atoms with Crippen molar-refractivity contribution in [2.75, 3.05) is 17.8 Å². The van der Waals surface area contributed by atoms with Crippen LogP contribution in [-0.4, -0.2) is 41.2 Å². The maximum atomic E-state index is 13.0. The van der Waals surface area contributed by atoms with Gasteiger partial charge in [0, 0.05) is 6.42 Å². The summed E-state index contributed by atoms with van der Waals surface area (Å²) in [7, 11) is -0.130. The molecule has 4 nitrogen and oxygen atoms in total. The Hall–Kier alpha value is -0.680. The molecule has 2 unspecified atom stereocenters. The van der Waals surface area contributed by atoms with Gasteiger partial charge in [0.2, 0.25) is 5.91 Å². The zero-order chi connectivity index (χ0) is 32.5. The molecule has 1 amide bonds. The summed E-state index contributed by atoms with van der Waals surface area (Å²) < 4.78 is 5.62. The number of amides is 1. The van der Waals surface area contributed by atoms with Gasteiger partial charge < -0.3 is 10.1 Å². The fourth-order valence-electron chi connectivity index (χ4n) is 5.60. The van der Waals surface area contributed by atoms with Crippen molar-refractivity contribution in [2.24, 2.45) is 0 Å². The Labute approximate surface area is 282 Å². The molecule has 0 aliphatic heterocycles. The Morgan fingerprint density at radius 2 is 1.11 bits per heavy atom. The number of halogens is 1. The summed E-state index contributed by atoms with van der Waals surface area (Å²) in [5.74, 6) is 1.75. The van der Waals surface area contributed by atoms with Crippen LogP contribution >= 0.6 is 22.5 Å². The molecule has 0 aliphatic rings. The number of hydrogen-bond donors (Lipinski definition) is 2. The lowest BCUT2D eigenvalue weighted by atomic mass is 10.1. The maximum absolute atomic E-state index is 13.0. The molecule has 0 aromatic carbocycles. The van der Waals surface area contributed by atoms with Crippen LogP contribution in [0.5, 0.6) is 0 Å². The normalized spacial score (nSPS) is 14.1. The Morgan fingerprint density at radius 1 is 0.636 bits per heavy atom. The fourth-order valence-corrected chi connectivity index (χ4v) is 7.53. The first kappa shape index (κ1) is 43.3. The molecule has 0 saturated carbocycles. The zero-order valence-electron chi connectivity index (χ0n) is 29.7. The highest BCUT2D eigenvalue weighted by molar-refractivity contribution is 8.16. The zero-order valence-corrected chi connectivity index (χ0v) is 31.3.